The predicted molar refractivity (Wildman–Crippen MR) is 53.3 cm³/mol. The van der Waals surface area contributed by atoms with Crippen molar-refractivity contribution in [2.45, 2.75) is 26.3 Å². The summed E-state index contributed by atoms with van der Waals surface area (Å²) < 4.78 is 0. The topological polar surface area (TPSA) is 24.9 Å². The molecule has 0 saturated heterocycles. The molecule has 2 rings (SSSR count). The van der Waals surface area contributed by atoms with E-state index in [0.717, 1.165) is 18.8 Å². The highest BCUT2D eigenvalue weighted by molar-refractivity contribution is 5.03. The number of hydrogen-bond donors (Lipinski definition) is 1. The van der Waals surface area contributed by atoms with E-state index in [0.29, 0.717) is 5.41 Å². The average Bonchev–Trinajstić information content (AvgIpc) is 2.86. The van der Waals surface area contributed by atoms with Gasteiger partial charge in [0.15, 0.2) is 0 Å². The maximum absolute atomic E-state index is 4.26. The summed E-state index contributed by atoms with van der Waals surface area (Å²) >= 11 is 0. The molecule has 0 aliphatic heterocycles. The Balaban J connectivity index is 1.74. The third-order valence-electron chi connectivity index (χ3n) is 2.69. The second-order valence-corrected chi connectivity index (χ2v) is 4.24. The number of aromatic nitrogens is 1. The molecule has 0 aromatic carbocycles. The summed E-state index contributed by atoms with van der Waals surface area (Å²) in [6, 6.07) is 6.04. The SMILES string of the molecule is CC1(CNCc2ccccn2)CC1. The van der Waals surface area contributed by atoms with Gasteiger partial charge in [0.1, 0.15) is 0 Å². The first kappa shape index (κ1) is 8.70. The summed E-state index contributed by atoms with van der Waals surface area (Å²) in [5.74, 6) is 0. The lowest BCUT2D eigenvalue weighted by molar-refractivity contribution is 0.497. The van der Waals surface area contributed by atoms with Crippen LogP contribution in [0.5, 0.6) is 0 Å². The maximum atomic E-state index is 4.26. The minimum Gasteiger partial charge on any atom is -0.311 e. The predicted octanol–water partition coefficient (Wildman–Crippen LogP) is 1.97. The molecule has 0 amide bonds. The highest BCUT2D eigenvalue weighted by atomic mass is 14.9. The Morgan fingerprint density at radius 3 is 2.92 bits per heavy atom. The van der Waals surface area contributed by atoms with Gasteiger partial charge in [-0.3, -0.25) is 4.98 Å². The molecule has 70 valence electrons. The molecule has 0 spiro atoms. The fraction of sp³-hybridized carbons (Fsp3) is 0.545. The van der Waals surface area contributed by atoms with Crippen molar-refractivity contribution in [2.24, 2.45) is 5.41 Å². The maximum Gasteiger partial charge on any atom is 0.0541 e. The lowest BCUT2D eigenvalue weighted by atomic mass is 10.1. The lowest BCUT2D eigenvalue weighted by Gasteiger charge is -2.08. The van der Waals surface area contributed by atoms with Crippen molar-refractivity contribution in [1.29, 1.82) is 0 Å². The molecule has 13 heavy (non-hydrogen) atoms. The van der Waals surface area contributed by atoms with Crippen LogP contribution in [0.15, 0.2) is 24.4 Å². The summed E-state index contributed by atoms with van der Waals surface area (Å²) in [7, 11) is 0. The summed E-state index contributed by atoms with van der Waals surface area (Å²) in [5, 5.41) is 3.44. The Kier molecular flexibility index (Phi) is 2.32. The quantitative estimate of drug-likeness (QED) is 0.758. The minimum atomic E-state index is 0.592. The third-order valence-corrected chi connectivity index (χ3v) is 2.69. The summed E-state index contributed by atoms with van der Waals surface area (Å²) in [5.41, 5.74) is 1.72. The van der Waals surface area contributed by atoms with E-state index in [2.05, 4.69) is 23.3 Å². The van der Waals surface area contributed by atoms with Gasteiger partial charge in [-0.05, 0) is 30.4 Å². The molecule has 0 unspecified atom stereocenters. The van der Waals surface area contributed by atoms with Crippen LogP contribution in [0.1, 0.15) is 25.5 Å². The molecular formula is C11H16N2. The van der Waals surface area contributed by atoms with Crippen LogP contribution in [0.4, 0.5) is 0 Å². The second kappa shape index (κ2) is 3.46. The van der Waals surface area contributed by atoms with Gasteiger partial charge in [0.25, 0.3) is 0 Å². The van der Waals surface area contributed by atoms with Gasteiger partial charge in [-0.15, -0.1) is 0 Å². The summed E-state index contributed by atoms with van der Waals surface area (Å²) in [6.07, 6.45) is 4.60. The smallest absolute Gasteiger partial charge is 0.0541 e. The van der Waals surface area contributed by atoms with E-state index in [1.165, 1.54) is 12.8 Å². The first-order valence-electron chi connectivity index (χ1n) is 4.89. The largest absolute Gasteiger partial charge is 0.311 e. The van der Waals surface area contributed by atoms with Gasteiger partial charge in [-0.25, -0.2) is 0 Å². The Labute approximate surface area is 79.4 Å². The van der Waals surface area contributed by atoms with E-state index >= 15 is 0 Å². The van der Waals surface area contributed by atoms with Gasteiger partial charge in [-0.2, -0.15) is 0 Å². The Morgan fingerprint density at radius 1 is 1.46 bits per heavy atom. The van der Waals surface area contributed by atoms with Crippen molar-refractivity contribution >= 4 is 0 Å². The Hall–Kier alpha value is -0.890. The van der Waals surface area contributed by atoms with Gasteiger partial charge in [0, 0.05) is 19.3 Å². The van der Waals surface area contributed by atoms with Crippen molar-refractivity contribution in [3.8, 4) is 0 Å². The van der Waals surface area contributed by atoms with Gasteiger partial charge >= 0.3 is 0 Å². The molecule has 1 aliphatic rings. The van der Waals surface area contributed by atoms with Crippen LogP contribution in [0.2, 0.25) is 0 Å². The van der Waals surface area contributed by atoms with Crippen LogP contribution in [-0.4, -0.2) is 11.5 Å². The van der Waals surface area contributed by atoms with Crippen molar-refractivity contribution in [3.63, 3.8) is 0 Å². The van der Waals surface area contributed by atoms with Crippen LogP contribution in [-0.2, 0) is 6.54 Å². The van der Waals surface area contributed by atoms with E-state index in [-0.39, 0.29) is 0 Å². The zero-order chi connectivity index (χ0) is 9.15. The molecule has 0 bridgehead atoms. The van der Waals surface area contributed by atoms with E-state index in [1.54, 1.807) is 0 Å². The molecule has 1 aromatic rings. The van der Waals surface area contributed by atoms with Gasteiger partial charge in [0.2, 0.25) is 0 Å². The van der Waals surface area contributed by atoms with Crippen LogP contribution in [0, 0.1) is 5.41 Å². The third kappa shape index (κ3) is 2.52. The van der Waals surface area contributed by atoms with E-state index in [9.17, 15) is 0 Å². The summed E-state index contributed by atoms with van der Waals surface area (Å²) in [4.78, 5) is 4.26. The first-order valence-corrected chi connectivity index (χ1v) is 4.89. The lowest BCUT2D eigenvalue weighted by Crippen LogP contribution is -2.21. The average molecular weight is 176 g/mol. The number of hydrogen-bond acceptors (Lipinski definition) is 2. The van der Waals surface area contributed by atoms with E-state index in [1.807, 2.05) is 18.3 Å². The van der Waals surface area contributed by atoms with Crippen LogP contribution >= 0.6 is 0 Å². The number of nitrogens with one attached hydrogen (secondary N) is 1. The monoisotopic (exact) mass is 176 g/mol. The Morgan fingerprint density at radius 2 is 2.31 bits per heavy atom. The molecule has 1 heterocycles. The molecule has 1 N–H and O–H groups in total. The van der Waals surface area contributed by atoms with Crippen molar-refractivity contribution in [2.75, 3.05) is 6.54 Å². The molecule has 2 heteroatoms. The fourth-order valence-electron chi connectivity index (χ4n) is 1.39. The number of nitrogens with zero attached hydrogens (tertiary/aromatic N) is 1. The molecule has 1 aliphatic carbocycles. The number of pyridine rings is 1. The molecule has 1 fully saturated rings. The van der Waals surface area contributed by atoms with Crippen LogP contribution in [0.3, 0.4) is 0 Å². The van der Waals surface area contributed by atoms with E-state index < -0.39 is 0 Å². The zero-order valence-electron chi connectivity index (χ0n) is 8.09. The Bertz CT molecular complexity index is 265. The van der Waals surface area contributed by atoms with E-state index in [4.69, 9.17) is 0 Å². The molecule has 2 nitrogen and oxygen atoms in total. The first-order chi connectivity index (χ1) is 6.29. The zero-order valence-corrected chi connectivity index (χ0v) is 8.09. The minimum absolute atomic E-state index is 0.592. The van der Waals surface area contributed by atoms with Crippen molar-refractivity contribution < 1.29 is 0 Å². The van der Waals surface area contributed by atoms with Crippen LogP contribution in [0.25, 0.3) is 0 Å². The molecule has 0 radical (unpaired) electrons. The van der Waals surface area contributed by atoms with Crippen molar-refractivity contribution in [3.05, 3.63) is 30.1 Å². The van der Waals surface area contributed by atoms with Crippen LogP contribution < -0.4 is 5.32 Å². The molecule has 0 atom stereocenters. The van der Waals surface area contributed by atoms with Gasteiger partial charge in [-0.1, -0.05) is 13.0 Å². The van der Waals surface area contributed by atoms with Crippen molar-refractivity contribution in [1.82, 2.24) is 10.3 Å². The highest BCUT2D eigenvalue weighted by Gasteiger charge is 2.36. The van der Waals surface area contributed by atoms with Gasteiger partial charge < -0.3 is 5.32 Å². The fourth-order valence-corrected chi connectivity index (χ4v) is 1.39. The summed E-state index contributed by atoms with van der Waals surface area (Å²) in [6.45, 7) is 4.36. The normalized spacial score (nSPS) is 18.5. The standard InChI is InChI=1S/C11H16N2/c1-11(5-6-11)9-12-8-10-4-2-3-7-13-10/h2-4,7,12H,5-6,8-9H2,1H3. The van der Waals surface area contributed by atoms with Gasteiger partial charge in [0.05, 0.1) is 5.69 Å². The molecular weight excluding hydrogens is 160 g/mol. The molecule has 1 saturated carbocycles. The highest BCUT2D eigenvalue weighted by Crippen LogP contribution is 2.43. The number of rotatable bonds is 4. The molecule has 1 aromatic heterocycles. The second-order valence-electron chi connectivity index (χ2n) is 4.24.